The van der Waals surface area contributed by atoms with Crippen LogP contribution in [0.3, 0.4) is 0 Å². The van der Waals surface area contributed by atoms with Gasteiger partial charge in [-0.2, -0.15) is 0 Å². The summed E-state index contributed by atoms with van der Waals surface area (Å²) in [7, 11) is 0. The van der Waals surface area contributed by atoms with E-state index >= 15 is 0 Å². The predicted octanol–water partition coefficient (Wildman–Crippen LogP) is 2.80. The molecule has 0 atom stereocenters. The maximum Gasteiger partial charge on any atom is 0.253 e. The number of aromatic nitrogens is 1. The van der Waals surface area contributed by atoms with Crippen LogP contribution in [0.1, 0.15) is 21.7 Å². The molecule has 21 heavy (non-hydrogen) atoms. The van der Waals surface area contributed by atoms with E-state index in [1.807, 2.05) is 41.4 Å². The highest BCUT2D eigenvalue weighted by Gasteiger charge is 2.21. The quantitative estimate of drug-likeness (QED) is 0.856. The van der Waals surface area contributed by atoms with Crippen LogP contribution in [-0.2, 0) is 0 Å². The molecular weight excluding hydrogens is 282 g/mol. The van der Waals surface area contributed by atoms with Crippen LogP contribution in [0.25, 0.3) is 0 Å². The highest BCUT2D eigenvalue weighted by molar-refractivity contribution is 7.15. The number of aryl methyl sites for hydroxylation is 1. The van der Waals surface area contributed by atoms with Crippen molar-refractivity contribution in [3.05, 3.63) is 47.0 Å². The van der Waals surface area contributed by atoms with Crippen LogP contribution in [0.5, 0.6) is 0 Å². The van der Waals surface area contributed by atoms with E-state index in [0.717, 1.165) is 43.3 Å². The molecule has 0 unspecified atom stereocenters. The van der Waals surface area contributed by atoms with Gasteiger partial charge in [0.15, 0.2) is 5.13 Å². The normalized spacial score (nSPS) is 15.9. The maximum absolute atomic E-state index is 12.5. The summed E-state index contributed by atoms with van der Waals surface area (Å²) in [6.45, 7) is 5.46. The van der Waals surface area contributed by atoms with E-state index in [2.05, 4.69) is 16.8 Å². The molecule has 1 aromatic heterocycles. The molecule has 2 aromatic rings. The lowest BCUT2D eigenvalue weighted by atomic mass is 10.2. The Balaban J connectivity index is 1.67. The molecule has 0 N–H and O–H groups in total. The van der Waals surface area contributed by atoms with Gasteiger partial charge in [-0.05, 0) is 25.5 Å². The van der Waals surface area contributed by atoms with E-state index in [-0.39, 0.29) is 5.91 Å². The zero-order valence-electron chi connectivity index (χ0n) is 12.2. The molecule has 1 aliphatic rings. The minimum Gasteiger partial charge on any atom is -0.346 e. The molecule has 0 bridgehead atoms. The number of thiazole rings is 1. The first-order chi connectivity index (χ1) is 10.2. The van der Waals surface area contributed by atoms with Crippen LogP contribution in [0.15, 0.2) is 36.5 Å². The lowest BCUT2D eigenvalue weighted by Gasteiger charge is -2.21. The number of benzene rings is 1. The SMILES string of the molecule is Cc1cnc(N2CCCN(C(=O)c3ccccc3)CC2)s1. The van der Waals surface area contributed by atoms with Crippen molar-refractivity contribution in [2.45, 2.75) is 13.3 Å². The van der Waals surface area contributed by atoms with Gasteiger partial charge in [0.05, 0.1) is 0 Å². The van der Waals surface area contributed by atoms with E-state index in [1.54, 1.807) is 11.3 Å². The topological polar surface area (TPSA) is 36.4 Å². The number of carbonyl (C=O) groups is 1. The summed E-state index contributed by atoms with van der Waals surface area (Å²) in [5.41, 5.74) is 0.774. The molecule has 1 saturated heterocycles. The minimum atomic E-state index is 0.132. The van der Waals surface area contributed by atoms with Crippen molar-refractivity contribution in [3.8, 4) is 0 Å². The van der Waals surface area contributed by atoms with Gasteiger partial charge in [-0.15, -0.1) is 11.3 Å². The molecule has 0 spiro atoms. The molecule has 1 amide bonds. The Morgan fingerprint density at radius 3 is 2.67 bits per heavy atom. The van der Waals surface area contributed by atoms with Crippen molar-refractivity contribution in [2.24, 2.45) is 0 Å². The number of nitrogens with zero attached hydrogens (tertiary/aromatic N) is 3. The Morgan fingerprint density at radius 2 is 1.95 bits per heavy atom. The third kappa shape index (κ3) is 3.24. The zero-order valence-corrected chi connectivity index (χ0v) is 13.0. The van der Waals surface area contributed by atoms with Crippen LogP contribution < -0.4 is 4.90 Å². The van der Waals surface area contributed by atoms with Crippen molar-refractivity contribution in [3.63, 3.8) is 0 Å². The standard InChI is InChI=1S/C16H19N3OS/c1-13-12-17-16(21-13)19-9-5-8-18(10-11-19)15(20)14-6-3-2-4-7-14/h2-4,6-7,12H,5,8-11H2,1H3. The summed E-state index contributed by atoms with van der Waals surface area (Å²) in [5.74, 6) is 0.132. The molecule has 0 saturated carbocycles. The van der Waals surface area contributed by atoms with Crippen LogP contribution in [0.2, 0.25) is 0 Å². The lowest BCUT2D eigenvalue weighted by Crippen LogP contribution is -2.35. The van der Waals surface area contributed by atoms with E-state index in [0.29, 0.717) is 0 Å². The number of rotatable bonds is 2. The second-order valence-electron chi connectivity index (χ2n) is 5.25. The van der Waals surface area contributed by atoms with E-state index in [4.69, 9.17) is 0 Å². The molecule has 4 nitrogen and oxygen atoms in total. The fourth-order valence-corrected chi connectivity index (χ4v) is 3.37. The average molecular weight is 301 g/mol. The lowest BCUT2D eigenvalue weighted by molar-refractivity contribution is 0.0767. The van der Waals surface area contributed by atoms with Crippen molar-refractivity contribution in [2.75, 3.05) is 31.1 Å². The summed E-state index contributed by atoms with van der Waals surface area (Å²) >= 11 is 1.72. The number of hydrogen-bond acceptors (Lipinski definition) is 4. The second kappa shape index (κ2) is 6.26. The van der Waals surface area contributed by atoms with E-state index in [9.17, 15) is 4.79 Å². The number of hydrogen-bond donors (Lipinski definition) is 0. The van der Waals surface area contributed by atoms with Gasteiger partial charge in [-0.1, -0.05) is 18.2 Å². The highest BCUT2D eigenvalue weighted by atomic mass is 32.1. The number of amides is 1. The number of carbonyl (C=O) groups excluding carboxylic acids is 1. The van der Waals surface area contributed by atoms with Gasteiger partial charge < -0.3 is 9.80 Å². The summed E-state index contributed by atoms with van der Waals surface area (Å²) in [4.78, 5) is 22.4. The first-order valence-corrected chi connectivity index (χ1v) is 8.07. The Bertz CT molecular complexity index is 611. The molecule has 5 heteroatoms. The Hall–Kier alpha value is -1.88. The van der Waals surface area contributed by atoms with E-state index < -0.39 is 0 Å². The predicted molar refractivity (Wildman–Crippen MR) is 86.0 cm³/mol. The first kappa shape index (κ1) is 14.1. The minimum absolute atomic E-state index is 0.132. The fraction of sp³-hybridized carbons (Fsp3) is 0.375. The largest absolute Gasteiger partial charge is 0.346 e. The van der Waals surface area contributed by atoms with Crippen LogP contribution >= 0.6 is 11.3 Å². The van der Waals surface area contributed by atoms with Crippen LogP contribution in [-0.4, -0.2) is 42.0 Å². The van der Waals surface area contributed by atoms with Crippen molar-refractivity contribution < 1.29 is 4.79 Å². The van der Waals surface area contributed by atoms with Gasteiger partial charge in [-0.25, -0.2) is 4.98 Å². The molecule has 1 aromatic carbocycles. The molecule has 1 aliphatic heterocycles. The second-order valence-corrected chi connectivity index (χ2v) is 6.47. The average Bonchev–Trinajstić information content (AvgIpc) is 2.81. The van der Waals surface area contributed by atoms with Gasteiger partial charge in [0.25, 0.3) is 5.91 Å². The fourth-order valence-electron chi connectivity index (χ4n) is 2.56. The summed E-state index contributed by atoms with van der Waals surface area (Å²) in [6.07, 6.45) is 2.90. The molecule has 0 aliphatic carbocycles. The van der Waals surface area contributed by atoms with Crippen molar-refractivity contribution in [1.29, 1.82) is 0 Å². The molecule has 1 fully saturated rings. The zero-order chi connectivity index (χ0) is 14.7. The van der Waals surface area contributed by atoms with Gasteiger partial charge >= 0.3 is 0 Å². The van der Waals surface area contributed by atoms with Gasteiger partial charge in [0, 0.05) is 42.8 Å². The first-order valence-electron chi connectivity index (χ1n) is 7.26. The van der Waals surface area contributed by atoms with Crippen LogP contribution in [0.4, 0.5) is 5.13 Å². The summed E-state index contributed by atoms with van der Waals surface area (Å²) in [6, 6.07) is 9.53. The van der Waals surface area contributed by atoms with Crippen molar-refractivity contribution >= 4 is 22.4 Å². The third-order valence-corrected chi connectivity index (χ3v) is 4.66. The maximum atomic E-state index is 12.5. The molecular formula is C16H19N3OS. The summed E-state index contributed by atoms with van der Waals surface area (Å²) < 4.78 is 0. The smallest absolute Gasteiger partial charge is 0.253 e. The van der Waals surface area contributed by atoms with Gasteiger partial charge in [-0.3, -0.25) is 4.79 Å². The van der Waals surface area contributed by atoms with Crippen LogP contribution in [0, 0.1) is 6.92 Å². The monoisotopic (exact) mass is 301 g/mol. The van der Waals surface area contributed by atoms with Gasteiger partial charge in [0.1, 0.15) is 0 Å². The summed E-state index contributed by atoms with van der Waals surface area (Å²) in [5, 5.41) is 1.07. The molecule has 110 valence electrons. The molecule has 0 radical (unpaired) electrons. The highest BCUT2D eigenvalue weighted by Crippen LogP contribution is 2.23. The van der Waals surface area contributed by atoms with Gasteiger partial charge in [0.2, 0.25) is 0 Å². The Kier molecular flexibility index (Phi) is 4.20. The third-order valence-electron chi connectivity index (χ3n) is 3.68. The molecule has 3 rings (SSSR count). The Labute approximate surface area is 129 Å². The van der Waals surface area contributed by atoms with Crippen molar-refractivity contribution in [1.82, 2.24) is 9.88 Å². The number of anilines is 1. The van der Waals surface area contributed by atoms with E-state index in [1.165, 1.54) is 4.88 Å². The molecule has 2 heterocycles. The Morgan fingerprint density at radius 1 is 1.14 bits per heavy atom.